The van der Waals surface area contributed by atoms with Crippen LogP contribution in [0.5, 0.6) is 0 Å². The minimum absolute atomic E-state index is 0.0136. The van der Waals surface area contributed by atoms with Gasteiger partial charge in [-0.1, -0.05) is 30.3 Å². The van der Waals surface area contributed by atoms with Crippen LogP contribution in [0.25, 0.3) is 0 Å². The number of aliphatic carboxylic acids is 1. The Morgan fingerprint density at radius 3 is 2.40 bits per heavy atom. The van der Waals surface area contributed by atoms with E-state index in [1.54, 1.807) is 0 Å². The summed E-state index contributed by atoms with van der Waals surface area (Å²) >= 11 is 0. The molecule has 7 heteroatoms. The number of carboxylic acids is 1. The van der Waals surface area contributed by atoms with E-state index in [9.17, 15) is 19.5 Å². The zero-order valence-electron chi connectivity index (χ0n) is 17.6. The molecule has 3 rings (SSSR count). The molecule has 2 amide bonds. The summed E-state index contributed by atoms with van der Waals surface area (Å²) in [6, 6.07) is 9.71. The van der Waals surface area contributed by atoms with Crippen LogP contribution in [0.15, 0.2) is 30.3 Å². The van der Waals surface area contributed by atoms with Crippen LogP contribution in [-0.2, 0) is 20.8 Å². The van der Waals surface area contributed by atoms with Crippen molar-refractivity contribution in [2.75, 3.05) is 32.7 Å². The zero-order chi connectivity index (χ0) is 21.5. The number of quaternary nitrogens is 1. The second kappa shape index (κ2) is 10.6. The number of carbonyl (C=O) groups is 3. The van der Waals surface area contributed by atoms with E-state index in [1.807, 2.05) is 35.2 Å². The van der Waals surface area contributed by atoms with Crippen LogP contribution in [0.4, 0.5) is 0 Å². The Balaban J connectivity index is 1.55. The van der Waals surface area contributed by atoms with E-state index in [2.05, 4.69) is 0 Å². The van der Waals surface area contributed by atoms with Crippen LogP contribution in [0.1, 0.15) is 37.7 Å². The fourth-order valence-corrected chi connectivity index (χ4v) is 4.95. The summed E-state index contributed by atoms with van der Waals surface area (Å²) < 4.78 is 0. The average Bonchev–Trinajstić information content (AvgIpc) is 2.73. The van der Waals surface area contributed by atoms with E-state index in [0.29, 0.717) is 25.9 Å². The fourth-order valence-electron chi connectivity index (χ4n) is 4.95. The van der Waals surface area contributed by atoms with Crippen LogP contribution in [0, 0.1) is 17.8 Å². The average molecular weight is 416 g/mol. The highest BCUT2D eigenvalue weighted by Crippen LogP contribution is 2.29. The molecule has 7 nitrogen and oxygen atoms in total. The number of nitrogens with one attached hydrogen (secondary N) is 1. The maximum atomic E-state index is 12.8. The van der Waals surface area contributed by atoms with Crippen molar-refractivity contribution in [3.8, 4) is 0 Å². The monoisotopic (exact) mass is 415 g/mol. The van der Waals surface area contributed by atoms with Crippen molar-refractivity contribution < 1.29 is 24.4 Å². The van der Waals surface area contributed by atoms with E-state index >= 15 is 0 Å². The number of likely N-dealkylation sites (tertiary alicyclic amines) is 2. The van der Waals surface area contributed by atoms with Crippen LogP contribution >= 0.6 is 0 Å². The highest BCUT2D eigenvalue weighted by molar-refractivity contribution is 5.79. The minimum Gasteiger partial charge on any atom is -0.550 e. The molecule has 2 saturated heterocycles. The van der Waals surface area contributed by atoms with Gasteiger partial charge in [0, 0.05) is 44.2 Å². The predicted molar refractivity (Wildman–Crippen MR) is 110 cm³/mol. The molecule has 0 unspecified atom stereocenters. The van der Waals surface area contributed by atoms with Crippen molar-refractivity contribution in [2.24, 2.45) is 23.5 Å². The van der Waals surface area contributed by atoms with Crippen molar-refractivity contribution in [1.82, 2.24) is 4.90 Å². The Hall–Kier alpha value is -2.41. The van der Waals surface area contributed by atoms with Gasteiger partial charge in [-0.2, -0.15) is 0 Å². The summed E-state index contributed by atoms with van der Waals surface area (Å²) in [5, 5.41) is 11.2. The molecule has 3 N–H and O–H groups in total. The van der Waals surface area contributed by atoms with Gasteiger partial charge in [0.05, 0.1) is 26.1 Å². The van der Waals surface area contributed by atoms with Gasteiger partial charge in [-0.05, 0) is 30.2 Å². The number of amides is 2. The topological polar surface area (TPSA) is 108 Å². The van der Waals surface area contributed by atoms with Gasteiger partial charge in [0.15, 0.2) is 0 Å². The van der Waals surface area contributed by atoms with Gasteiger partial charge in [-0.3, -0.25) is 9.59 Å². The summed E-state index contributed by atoms with van der Waals surface area (Å²) in [6.45, 7) is 3.99. The van der Waals surface area contributed by atoms with Crippen molar-refractivity contribution in [3.05, 3.63) is 35.9 Å². The first-order valence-electron chi connectivity index (χ1n) is 11.1. The number of nitrogens with zero attached hydrogens (tertiary/aromatic N) is 1. The quantitative estimate of drug-likeness (QED) is 0.568. The molecule has 2 aliphatic heterocycles. The second-order valence-electron chi connectivity index (χ2n) is 8.85. The number of nitrogens with two attached hydrogens (primary N) is 1. The normalized spacial score (nSPS) is 26.9. The van der Waals surface area contributed by atoms with Gasteiger partial charge in [0.25, 0.3) is 0 Å². The summed E-state index contributed by atoms with van der Waals surface area (Å²) in [4.78, 5) is 38.7. The third-order valence-corrected chi connectivity index (χ3v) is 6.83. The van der Waals surface area contributed by atoms with Crippen LogP contribution in [0.3, 0.4) is 0 Å². The van der Waals surface area contributed by atoms with Gasteiger partial charge in [0.1, 0.15) is 0 Å². The molecule has 2 heterocycles. The molecule has 30 heavy (non-hydrogen) atoms. The largest absolute Gasteiger partial charge is 0.550 e. The second-order valence-corrected chi connectivity index (χ2v) is 8.85. The lowest BCUT2D eigenvalue weighted by molar-refractivity contribution is -0.906. The summed E-state index contributed by atoms with van der Waals surface area (Å²) in [7, 11) is 0. The van der Waals surface area contributed by atoms with E-state index in [-0.39, 0.29) is 36.0 Å². The van der Waals surface area contributed by atoms with Crippen molar-refractivity contribution >= 4 is 17.8 Å². The molecule has 0 bridgehead atoms. The lowest BCUT2D eigenvalue weighted by atomic mass is 9.80. The maximum absolute atomic E-state index is 12.8. The smallest absolute Gasteiger partial charge is 0.226 e. The molecule has 0 spiro atoms. The van der Waals surface area contributed by atoms with Gasteiger partial charge in [0.2, 0.25) is 11.8 Å². The van der Waals surface area contributed by atoms with E-state index in [4.69, 9.17) is 5.73 Å². The Kier molecular flexibility index (Phi) is 7.85. The van der Waals surface area contributed by atoms with Crippen molar-refractivity contribution in [2.45, 2.75) is 38.5 Å². The standard InChI is InChI=1S/C23H33N3O4/c24-23(30)18-6-10-25(11-7-18)12-8-20-16-26(13-9-19(20)15-22(28)29)21(27)14-17-4-2-1-3-5-17/h1-5,18-20H,6-16H2,(H2,24,30)(H,28,29)/t19-,20-/m0/s1. The van der Waals surface area contributed by atoms with Crippen LogP contribution in [-0.4, -0.2) is 55.4 Å². The van der Waals surface area contributed by atoms with Gasteiger partial charge >= 0.3 is 0 Å². The number of benzene rings is 1. The summed E-state index contributed by atoms with van der Waals surface area (Å²) in [5.74, 6) is -0.907. The molecular formula is C23H33N3O4. The Labute approximate surface area is 178 Å². The maximum Gasteiger partial charge on any atom is 0.226 e. The minimum atomic E-state index is -1.01. The van der Waals surface area contributed by atoms with E-state index in [1.165, 1.54) is 4.90 Å². The predicted octanol–water partition coefficient (Wildman–Crippen LogP) is -0.996. The van der Waals surface area contributed by atoms with Crippen molar-refractivity contribution in [3.63, 3.8) is 0 Å². The third-order valence-electron chi connectivity index (χ3n) is 6.83. The molecular weight excluding hydrogens is 382 g/mol. The third kappa shape index (κ3) is 6.29. The molecule has 1 aromatic carbocycles. The Morgan fingerprint density at radius 2 is 1.77 bits per heavy atom. The van der Waals surface area contributed by atoms with E-state index in [0.717, 1.165) is 44.5 Å². The van der Waals surface area contributed by atoms with E-state index < -0.39 is 5.97 Å². The summed E-state index contributed by atoms with van der Waals surface area (Å²) in [5.41, 5.74) is 6.42. The molecule has 2 aliphatic rings. The Morgan fingerprint density at radius 1 is 1.07 bits per heavy atom. The molecule has 0 aliphatic carbocycles. The lowest BCUT2D eigenvalue weighted by Gasteiger charge is -2.39. The number of carbonyl (C=O) groups excluding carboxylic acids is 3. The zero-order valence-corrected chi connectivity index (χ0v) is 17.6. The van der Waals surface area contributed by atoms with Gasteiger partial charge in [-0.15, -0.1) is 0 Å². The highest BCUT2D eigenvalue weighted by atomic mass is 16.4. The number of piperidine rings is 2. The fraction of sp³-hybridized carbons (Fsp3) is 0.609. The molecule has 0 radical (unpaired) electrons. The number of primary amides is 1. The molecule has 2 atom stereocenters. The number of hydrogen-bond acceptors (Lipinski definition) is 4. The molecule has 1 aromatic rings. The van der Waals surface area contributed by atoms with Crippen LogP contribution < -0.4 is 15.7 Å². The van der Waals surface area contributed by atoms with Gasteiger partial charge < -0.3 is 25.4 Å². The molecule has 0 aromatic heterocycles. The SMILES string of the molecule is NC(=O)C1CC[NH+](CC[C@H]2CN(C(=O)Cc3ccccc3)CC[C@H]2CC(=O)[O-])CC1. The molecule has 0 saturated carbocycles. The Bertz CT molecular complexity index is 731. The molecule has 2 fully saturated rings. The molecule has 164 valence electrons. The first kappa shape index (κ1) is 22.3. The lowest BCUT2D eigenvalue weighted by Crippen LogP contribution is -3.13. The number of carboxylic acid groups (broad SMARTS) is 1. The highest BCUT2D eigenvalue weighted by Gasteiger charge is 2.33. The summed E-state index contributed by atoms with van der Waals surface area (Å²) in [6.07, 6.45) is 3.66. The van der Waals surface area contributed by atoms with Crippen LogP contribution in [0.2, 0.25) is 0 Å². The van der Waals surface area contributed by atoms with Gasteiger partial charge in [-0.25, -0.2) is 0 Å². The first-order valence-corrected chi connectivity index (χ1v) is 11.1. The van der Waals surface area contributed by atoms with Crippen molar-refractivity contribution in [1.29, 1.82) is 0 Å². The first-order chi connectivity index (χ1) is 14.4. The number of hydrogen-bond donors (Lipinski definition) is 2. The number of rotatable bonds is 8.